The Morgan fingerprint density at radius 3 is 2.76 bits per heavy atom. The fourth-order valence-corrected chi connectivity index (χ4v) is 2.53. The van der Waals surface area contributed by atoms with Crippen molar-refractivity contribution in [2.75, 3.05) is 6.54 Å². The second kappa shape index (κ2) is 5.49. The summed E-state index contributed by atoms with van der Waals surface area (Å²) in [5.74, 6) is 0.132. The Balaban J connectivity index is 2.15. The highest BCUT2D eigenvalue weighted by atomic mass is 35.5. The lowest BCUT2D eigenvalue weighted by atomic mass is 10.3. The normalized spacial score (nSPS) is 12.4. The van der Waals surface area contributed by atoms with Gasteiger partial charge in [0.25, 0.3) is 0 Å². The van der Waals surface area contributed by atoms with Crippen molar-refractivity contribution in [3.05, 3.63) is 51.4 Å². The Morgan fingerprint density at radius 2 is 2.18 bits per heavy atom. The van der Waals surface area contributed by atoms with Crippen molar-refractivity contribution in [3.63, 3.8) is 0 Å². The summed E-state index contributed by atoms with van der Waals surface area (Å²) < 4.78 is 19.3. The van der Waals surface area contributed by atoms with E-state index in [1.807, 2.05) is 6.07 Å². The van der Waals surface area contributed by atoms with Crippen molar-refractivity contribution in [1.29, 1.82) is 0 Å². The molecule has 5 heteroatoms. The molecule has 1 heterocycles. The van der Waals surface area contributed by atoms with Crippen LogP contribution in [0.25, 0.3) is 0 Å². The van der Waals surface area contributed by atoms with Gasteiger partial charge in [-0.3, -0.25) is 0 Å². The minimum Gasteiger partial charge on any atom is -0.483 e. The summed E-state index contributed by atoms with van der Waals surface area (Å²) in [7, 11) is 0. The molecule has 1 atom stereocenters. The topological polar surface area (TPSA) is 35.2 Å². The van der Waals surface area contributed by atoms with Gasteiger partial charge in [-0.25, -0.2) is 4.39 Å². The Kier molecular flexibility index (Phi) is 3.99. The third-order valence-electron chi connectivity index (χ3n) is 2.20. The predicted octanol–water partition coefficient (Wildman–Crippen LogP) is 3.62. The molecule has 0 fully saturated rings. The van der Waals surface area contributed by atoms with Crippen LogP contribution in [-0.2, 0) is 0 Å². The molecule has 1 aromatic carbocycles. The summed E-state index contributed by atoms with van der Waals surface area (Å²) in [6.07, 6.45) is -0.297. The van der Waals surface area contributed by atoms with Gasteiger partial charge in [0.1, 0.15) is 17.7 Å². The third-order valence-corrected chi connectivity index (χ3v) is 3.52. The molecular weight excluding hydrogens is 261 g/mol. The minimum absolute atomic E-state index is 0.297. The lowest BCUT2D eigenvalue weighted by Crippen LogP contribution is -2.17. The van der Waals surface area contributed by atoms with Crippen LogP contribution in [0.15, 0.2) is 36.4 Å². The molecule has 0 saturated heterocycles. The van der Waals surface area contributed by atoms with Crippen molar-refractivity contribution in [2.45, 2.75) is 6.10 Å². The van der Waals surface area contributed by atoms with Gasteiger partial charge >= 0.3 is 0 Å². The van der Waals surface area contributed by atoms with Gasteiger partial charge in [-0.1, -0.05) is 17.7 Å². The first kappa shape index (κ1) is 12.4. The lowest BCUT2D eigenvalue weighted by Gasteiger charge is -2.15. The molecule has 1 unspecified atom stereocenters. The van der Waals surface area contributed by atoms with E-state index < -0.39 is 0 Å². The Labute approximate surface area is 108 Å². The second-order valence-corrected chi connectivity index (χ2v) is 5.19. The predicted molar refractivity (Wildman–Crippen MR) is 68.2 cm³/mol. The van der Waals surface area contributed by atoms with Crippen molar-refractivity contribution in [2.24, 2.45) is 5.73 Å². The number of thiophene rings is 1. The standard InChI is InChI=1S/C12H11ClFNOS/c13-12-5-4-11(17-12)10(7-15)16-9-3-1-2-8(14)6-9/h1-6,10H,7,15H2. The summed E-state index contributed by atoms with van der Waals surface area (Å²) in [4.78, 5) is 0.932. The number of hydrogen-bond acceptors (Lipinski definition) is 3. The quantitative estimate of drug-likeness (QED) is 0.922. The van der Waals surface area contributed by atoms with E-state index in [0.717, 1.165) is 4.88 Å². The van der Waals surface area contributed by atoms with Crippen molar-refractivity contribution < 1.29 is 9.13 Å². The van der Waals surface area contributed by atoms with Crippen LogP contribution in [-0.4, -0.2) is 6.54 Å². The molecule has 0 aliphatic rings. The van der Waals surface area contributed by atoms with Gasteiger partial charge in [-0.2, -0.15) is 0 Å². The Hall–Kier alpha value is -1.10. The van der Waals surface area contributed by atoms with Crippen LogP contribution in [0.5, 0.6) is 5.75 Å². The van der Waals surface area contributed by atoms with Crippen LogP contribution in [0, 0.1) is 5.82 Å². The lowest BCUT2D eigenvalue weighted by molar-refractivity contribution is 0.217. The molecule has 90 valence electrons. The summed E-state index contributed by atoms with van der Waals surface area (Å²) in [5, 5.41) is 0. The summed E-state index contributed by atoms with van der Waals surface area (Å²) in [6.45, 7) is 0.313. The van der Waals surface area contributed by atoms with Crippen molar-refractivity contribution in [3.8, 4) is 5.75 Å². The molecule has 0 amide bonds. The second-order valence-electron chi connectivity index (χ2n) is 3.44. The first-order valence-electron chi connectivity index (χ1n) is 5.06. The molecule has 0 spiro atoms. The van der Waals surface area contributed by atoms with Gasteiger partial charge in [-0.05, 0) is 24.3 Å². The van der Waals surface area contributed by atoms with Crippen LogP contribution >= 0.6 is 22.9 Å². The Morgan fingerprint density at radius 1 is 1.35 bits per heavy atom. The molecule has 2 rings (SSSR count). The molecule has 2 aromatic rings. The van der Waals surface area contributed by atoms with E-state index in [9.17, 15) is 4.39 Å². The van der Waals surface area contributed by atoms with Crippen LogP contribution in [0.3, 0.4) is 0 Å². The molecule has 17 heavy (non-hydrogen) atoms. The van der Waals surface area contributed by atoms with E-state index in [1.54, 1.807) is 18.2 Å². The maximum atomic E-state index is 13.0. The zero-order valence-corrected chi connectivity index (χ0v) is 10.5. The van der Waals surface area contributed by atoms with Gasteiger partial charge in [0.05, 0.1) is 4.34 Å². The molecular formula is C12H11ClFNOS. The molecule has 0 radical (unpaired) electrons. The van der Waals surface area contributed by atoms with Crippen LogP contribution in [0.4, 0.5) is 4.39 Å². The highest BCUT2D eigenvalue weighted by Gasteiger charge is 2.14. The van der Waals surface area contributed by atoms with E-state index in [4.69, 9.17) is 22.1 Å². The van der Waals surface area contributed by atoms with E-state index in [1.165, 1.54) is 23.5 Å². The zero-order chi connectivity index (χ0) is 12.3. The van der Waals surface area contributed by atoms with Gasteiger partial charge < -0.3 is 10.5 Å². The highest BCUT2D eigenvalue weighted by Crippen LogP contribution is 2.29. The van der Waals surface area contributed by atoms with Gasteiger partial charge in [0, 0.05) is 17.5 Å². The zero-order valence-electron chi connectivity index (χ0n) is 8.90. The van der Waals surface area contributed by atoms with E-state index in [0.29, 0.717) is 16.6 Å². The van der Waals surface area contributed by atoms with Crippen LogP contribution in [0.2, 0.25) is 4.34 Å². The maximum Gasteiger partial charge on any atom is 0.145 e. The van der Waals surface area contributed by atoms with Crippen LogP contribution in [0.1, 0.15) is 11.0 Å². The molecule has 2 N–H and O–H groups in total. The monoisotopic (exact) mass is 271 g/mol. The SMILES string of the molecule is NCC(Oc1cccc(F)c1)c1ccc(Cl)s1. The van der Waals surface area contributed by atoms with Gasteiger partial charge in [0.2, 0.25) is 0 Å². The minimum atomic E-state index is -0.331. The van der Waals surface area contributed by atoms with Crippen molar-refractivity contribution in [1.82, 2.24) is 0 Å². The number of nitrogens with two attached hydrogens (primary N) is 1. The molecule has 0 aliphatic carbocycles. The number of ether oxygens (including phenoxy) is 1. The molecule has 1 aromatic heterocycles. The Bertz CT molecular complexity index is 503. The number of rotatable bonds is 4. The molecule has 0 saturated carbocycles. The average molecular weight is 272 g/mol. The first-order valence-corrected chi connectivity index (χ1v) is 6.26. The number of halogens is 2. The third kappa shape index (κ3) is 3.19. The summed E-state index contributed by atoms with van der Waals surface area (Å²) in [6, 6.07) is 9.65. The van der Waals surface area contributed by atoms with Gasteiger partial charge in [0.15, 0.2) is 0 Å². The average Bonchev–Trinajstić information content (AvgIpc) is 2.73. The van der Waals surface area contributed by atoms with Gasteiger partial charge in [-0.15, -0.1) is 11.3 Å². The summed E-state index contributed by atoms with van der Waals surface area (Å²) >= 11 is 7.26. The largest absolute Gasteiger partial charge is 0.483 e. The highest BCUT2D eigenvalue weighted by molar-refractivity contribution is 7.16. The summed E-state index contributed by atoms with van der Waals surface area (Å²) in [5.41, 5.74) is 5.64. The smallest absolute Gasteiger partial charge is 0.145 e. The molecule has 0 bridgehead atoms. The number of hydrogen-bond donors (Lipinski definition) is 1. The molecule has 0 aliphatic heterocycles. The van der Waals surface area contributed by atoms with Crippen molar-refractivity contribution >= 4 is 22.9 Å². The van der Waals surface area contributed by atoms with Crippen LogP contribution < -0.4 is 10.5 Å². The van der Waals surface area contributed by atoms with E-state index in [-0.39, 0.29) is 11.9 Å². The maximum absolute atomic E-state index is 13.0. The molecule has 2 nitrogen and oxygen atoms in total. The first-order chi connectivity index (χ1) is 8.19. The number of benzene rings is 1. The van der Waals surface area contributed by atoms with E-state index >= 15 is 0 Å². The van der Waals surface area contributed by atoms with E-state index in [2.05, 4.69) is 0 Å². The fourth-order valence-electron chi connectivity index (χ4n) is 1.43. The fraction of sp³-hybridized carbons (Fsp3) is 0.167.